The van der Waals surface area contributed by atoms with E-state index in [4.69, 9.17) is 5.84 Å². The van der Waals surface area contributed by atoms with Gasteiger partial charge in [0.05, 0.1) is 0 Å². The number of nitrogens with zero attached hydrogens (tertiary/aromatic N) is 1. The lowest BCUT2D eigenvalue weighted by molar-refractivity contribution is -0.121. The molecular formula is C14H19N3O. The standard InChI is InChI=1S/C14H19N3O/c15-16-14(18)8-2-1-5-10-17-11-9-12-6-3-4-7-13(12)17/h3-4,6-7,9,11H,1-2,5,8,10,15H2,(H,16,18). The zero-order valence-corrected chi connectivity index (χ0v) is 10.4. The van der Waals surface area contributed by atoms with E-state index in [2.05, 4.69) is 46.5 Å². The molecule has 0 bridgehead atoms. The number of carbonyl (C=O) groups excluding carboxylic acids is 1. The van der Waals surface area contributed by atoms with Gasteiger partial charge in [-0.1, -0.05) is 24.6 Å². The molecule has 0 aliphatic heterocycles. The van der Waals surface area contributed by atoms with Crippen LogP contribution in [0, 0.1) is 0 Å². The molecule has 0 saturated carbocycles. The van der Waals surface area contributed by atoms with Crippen molar-refractivity contribution < 1.29 is 4.79 Å². The second-order valence-electron chi connectivity index (χ2n) is 4.45. The van der Waals surface area contributed by atoms with E-state index in [0.717, 1.165) is 25.8 Å². The molecule has 0 aliphatic rings. The van der Waals surface area contributed by atoms with Crippen molar-refractivity contribution in [3.05, 3.63) is 36.5 Å². The number of nitrogens with one attached hydrogen (secondary N) is 1. The van der Waals surface area contributed by atoms with Crippen LogP contribution in [-0.4, -0.2) is 10.5 Å². The molecule has 96 valence electrons. The average molecular weight is 245 g/mol. The van der Waals surface area contributed by atoms with Gasteiger partial charge in [0.25, 0.3) is 0 Å². The van der Waals surface area contributed by atoms with Crippen molar-refractivity contribution in [2.75, 3.05) is 0 Å². The maximum Gasteiger partial charge on any atom is 0.233 e. The molecule has 1 heterocycles. The molecule has 1 aromatic heterocycles. The molecule has 1 amide bonds. The van der Waals surface area contributed by atoms with Crippen molar-refractivity contribution in [1.82, 2.24) is 9.99 Å². The van der Waals surface area contributed by atoms with Crippen LogP contribution < -0.4 is 11.3 Å². The topological polar surface area (TPSA) is 60.0 Å². The first-order valence-electron chi connectivity index (χ1n) is 6.34. The molecule has 0 spiro atoms. The number of benzene rings is 1. The lowest BCUT2D eigenvalue weighted by Gasteiger charge is -2.05. The van der Waals surface area contributed by atoms with E-state index in [1.54, 1.807) is 0 Å². The molecular weight excluding hydrogens is 226 g/mol. The first-order chi connectivity index (χ1) is 8.81. The normalized spacial score (nSPS) is 10.7. The van der Waals surface area contributed by atoms with E-state index in [-0.39, 0.29) is 5.91 Å². The molecule has 0 aliphatic carbocycles. The summed E-state index contributed by atoms with van der Waals surface area (Å²) in [6.45, 7) is 0.998. The summed E-state index contributed by atoms with van der Waals surface area (Å²) in [4.78, 5) is 10.9. The van der Waals surface area contributed by atoms with Crippen molar-refractivity contribution in [3.63, 3.8) is 0 Å². The zero-order valence-electron chi connectivity index (χ0n) is 10.4. The quantitative estimate of drug-likeness (QED) is 0.355. The summed E-state index contributed by atoms with van der Waals surface area (Å²) in [5, 5.41) is 1.28. The maximum atomic E-state index is 10.9. The van der Waals surface area contributed by atoms with Gasteiger partial charge in [-0.25, -0.2) is 5.84 Å². The Morgan fingerprint density at radius 2 is 2.00 bits per heavy atom. The largest absolute Gasteiger partial charge is 0.347 e. The minimum absolute atomic E-state index is 0.0820. The Bertz CT molecular complexity index is 518. The number of hydrazine groups is 1. The van der Waals surface area contributed by atoms with Crippen LogP contribution in [-0.2, 0) is 11.3 Å². The monoisotopic (exact) mass is 245 g/mol. The van der Waals surface area contributed by atoms with Crippen LogP contribution in [0.2, 0.25) is 0 Å². The summed E-state index contributed by atoms with van der Waals surface area (Å²) >= 11 is 0. The van der Waals surface area contributed by atoms with Gasteiger partial charge in [-0.2, -0.15) is 0 Å². The Morgan fingerprint density at radius 1 is 1.17 bits per heavy atom. The average Bonchev–Trinajstić information content (AvgIpc) is 2.81. The van der Waals surface area contributed by atoms with Gasteiger partial charge in [-0.05, 0) is 30.4 Å². The first kappa shape index (κ1) is 12.6. The van der Waals surface area contributed by atoms with Crippen LogP contribution in [0.15, 0.2) is 36.5 Å². The third kappa shape index (κ3) is 3.11. The summed E-state index contributed by atoms with van der Waals surface area (Å²) in [5.41, 5.74) is 3.42. The molecule has 4 nitrogen and oxygen atoms in total. The Morgan fingerprint density at radius 3 is 2.83 bits per heavy atom. The molecule has 0 atom stereocenters. The molecule has 2 aromatic rings. The predicted molar refractivity (Wildman–Crippen MR) is 72.7 cm³/mol. The van der Waals surface area contributed by atoms with E-state index in [9.17, 15) is 4.79 Å². The highest BCUT2D eigenvalue weighted by Crippen LogP contribution is 2.16. The fourth-order valence-electron chi connectivity index (χ4n) is 2.15. The summed E-state index contributed by atoms with van der Waals surface area (Å²) in [5.74, 6) is 4.94. The van der Waals surface area contributed by atoms with Crippen LogP contribution >= 0.6 is 0 Å². The number of fused-ring (bicyclic) bond motifs is 1. The second-order valence-corrected chi connectivity index (χ2v) is 4.45. The predicted octanol–water partition coefficient (Wildman–Crippen LogP) is 2.19. The Balaban J connectivity index is 1.78. The van der Waals surface area contributed by atoms with Crippen LogP contribution in [0.25, 0.3) is 10.9 Å². The van der Waals surface area contributed by atoms with Crippen LogP contribution in [0.3, 0.4) is 0 Å². The molecule has 0 radical (unpaired) electrons. The number of hydrogen-bond donors (Lipinski definition) is 2. The van der Waals surface area contributed by atoms with E-state index < -0.39 is 0 Å². The van der Waals surface area contributed by atoms with Crippen molar-refractivity contribution in [1.29, 1.82) is 0 Å². The fourth-order valence-corrected chi connectivity index (χ4v) is 2.15. The number of amides is 1. The molecule has 0 unspecified atom stereocenters. The van der Waals surface area contributed by atoms with E-state index in [1.807, 2.05) is 0 Å². The first-order valence-corrected chi connectivity index (χ1v) is 6.34. The van der Waals surface area contributed by atoms with Crippen molar-refractivity contribution in [3.8, 4) is 0 Å². The lowest BCUT2D eigenvalue weighted by Crippen LogP contribution is -2.29. The van der Waals surface area contributed by atoms with Gasteiger partial charge < -0.3 is 4.57 Å². The number of para-hydroxylation sites is 1. The van der Waals surface area contributed by atoms with Crippen molar-refractivity contribution in [2.45, 2.75) is 32.2 Å². The number of aromatic nitrogens is 1. The number of carbonyl (C=O) groups is 1. The molecule has 1 aromatic carbocycles. The smallest absolute Gasteiger partial charge is 0.233 e. The van der Waals surface area contributed by atoms with Crippen molar-refractivity contribution >= 4 is 16.8 Å². The third-order valence-electron chi connectivity index (χ3n) is 3.14. The number of unbranched alkanes of at least 4 members (excludes halogenated alkanes) is 2. The number of rotatable bonds is 6. The Kier molecular flexibility index (Phi) is 4.36. The second kappa shape index (κ2) is 6.21. The Labute approximate surface area is 107 Å². The number of hydrogen-bond acceptors (Lipinski definition) is 2. The van der Waals surface area contributed by atoms with Crippen molar-refractivity contribution in [2.24, 2.45) is 5.84 Å². The van der Waals surface area contributed by atoms with Gasteiger partial charge >= 0.3 is 0 Å². The molecule has 0 saturated heterocycles. The summed E-state index contributed by atoms with van der Waals surface area (Å²) in [6.07, 6.45) is 5.65. The van der Waals surface area contributed by atoms with E-state index in [1.165, 1.54) is 10.9 Å². The molecule has 2 rings (SSSR count). The van der Waals surface area contributed by atoms with Crippen LogP contribution in [0.1, 0.15) is 25.7 Å². The molecule has 18 heavy (non-hydrogen) atoms. The van der Waals surface area contributed by atoms with E-state index >= 15 is 0 Å². The minimum atomic E-state index is -0.0820. The van der Waals surface area contributed by atoms with Gasteiger partial charge in [-0.15, -0.1) is 0 Å². The number of aryl methyl sites for hydroxylation is 1. The van der Waals surface area contributed by atoms with Gasteiger partial charge in [0.1, 0.15) is 0 Å². The van der Waals surface area contributed by atoms with Gasteiger partial charge in [0.2, 0.25) is 5.91 Å². The third-order valence-corrected chi connectivity index (χ3v) is 3.14. The van der Waals surface area contributed by atoms with E-state index in [0.29, 0.717) is 6.42 Å². The molecule has 0 fully saturated rings. The zero-order chi connectivity index (χ0) is 12.8. The van der Waals surface area contributed by atoms with Crippen LogP contribution in [0.4, 0.5) is 0 Å². The summed E-state index contributed by atoms with van der Waals surface area (Å²) in [7, 11) is 0. The summed E-state index contributed by atoms with van der Waals surface area (Å²) in [6, 6.07) is 10.5. The molecule has 4 heteroatoms. The maximum absolute atomic E-state index is 10.9. The highest BCUT2D eigenvalue weighted by molar-refractivity contribution is 5.79. The number of nitrogens with two attached hydrogens (primary N) is 1. The minimum Gasteiger partial charge on any atom is -0.347 e. The lowest BCUT2D eigenvalue weighted by atomic mass is 10.2. The SMILES string of the molecule is NNC(=O)CCCCCn1ccc2ccccc21. The fraction of sp³-hybridized carbons (Fsp3) is 0.357. The summed E-state index contributed by atoms with van der Waals surface area (Å²) < 4.78 is 2.26. The van der Waals surface area contributed by atoms with Gasteiger partial charge in [0.15, 0.2) is 0 Å². The highest BCUT2D eigenvalue weighted by Gasteiger charge is 2.00. The van der Waals surface area contributed by atoms with Crippen LogP contribution in [0.5, 0.6) is 0 Å². The Hall–Kier alpha value is -1.81. The highest BCUT2D eigenvalue weighted by atomic mass is 16.2. The van der Waals surface area contributed by atoms with Gasteiger partial charge in [-0.3, -0.25) is 10.2 Å². The van der Waals surface area contributed by atoms with Gasteiger partial charge in [0, 0.05) is 24.7 Å². The molecule has 3 N–H and O–H groups in total.